The quantitative estimate of drug-likeness (QED) is 0.548. The van der Waals surface area contributed by atoms with E-state index in [-0.39, 0.29) is 18.3 Å². The molecule has 5 heteroatoms. The Morgan fingerprint density at radius 2 is 2.04 bits per heavy atom. The summed E-state index contributed by atoms with van der Waals surface area (Å²) in [6, 6.07) is 0. The molecule has 23 heavy (non-hydrogen) atoms. The van der Waals surface area contributed by atoms with Crippen molar-refractivity contribution < 1.29 is 24.1 Å². The molecule has 0 saturated carbocycles. The summed E-state index contributed by atoms with van der Waals surface area (Å²) in [6.45, 7) is 12.9. The number of aliphatic hydroxyl groups is 1. The summed E-state index contributed by atoms with van der Waals surface area (Å²) in [4.78, 5) is 0. The molecule has 0 bridgehead atoms. The molecule has 0 aromatic carbocycles. The monoisotopic (exact) mass is 328 g/mol. The molecule has 2 saturated heterocycles. The third-order valence-corrected chi connectivity index (χ3v) is 4.49. The Bertz CT molecular complexity index is 397. The summed E-state index contributed by atoms with van der Waals surface area (Å²) in [6.07, 6.45) is 3.66. The largest absolute Gasteiger partial charge is 0.388 e. The molecule has 2 rings (SSSR count). The van der Waals surface area contributed by atoms with Crippen molar-refractivity contribution in [3.8, 4) is 0 Å². The van der Waals surface area contributed by atoms with Gasteiger partial charge in [-0.2, -0.15) is 0 Å². The van der Waals surface area contributed by atoms with Gasteiger partial charge in [-0.15, -0.1) is 6.58 Å². The van der Waals surface area contributed by atoms with Crippen LogP contribution in [-0.4, -0.2) is 54.1 Å². The summed E-state index contributed by atoms with van der Waals surface area (Å²) in [5.74, 6) is -0.578. The maximum Gasteiger partial charge on any atom is 0.163 e. The molecule has 0 spiro atoms. The zero-order chi connectivity index (χ0) is 17.1. The second-order valence-electron chi connectivity index (χ2n) is 7.36. The lowest BCUT2D eigenvalue weighted by atomic mass is 9.94. The van der Waals surface area contributed by atoms with E-state index in [1.54, 1.807) is 6.08 Å². The molecule has 134 valence electrons. The SMILES string of the molecule is C=CC[C@@H]1O[C@H](C[C@]2(C)COC(C)(C)O2)[C@H](OCCCC)[C@H]1O. The van der Waals surface area contributed by atoms with Gasteiger partial charge in [0.2, 0.25) is 0 Å². The highest BCUT2D eigenvalue weighted by molar-refractivity contribution is 4.98. The van der Waals surface area contributed by atoms with Gasteiger partial charge in [-0.3, -0.25) is 0 Å². The molecule has 0 aromatic heterocycles. The molecule has 2 aliphatic rings. The summed E-state index contributed by atoms with van der Waals surface area (Å²) in [7, 11) is 0. The molecule has 5 atom stereocenters. The summed E-state index contributed by atoms with van der Waals surface area (Å²) < 4.78 is 23.8. The van der Waals surface area contributed by atoms with Crippen molar-refractivity contribution in [2.24, 2.45) is 0 Å². The van der Waals surface area contributed by atoms with Crippen LogP contribution in [0.1, 0.15) is 53.4 Å². The van der Waals surface area contributed by atoms with Gasteiger partial charge in [-0.05, 0) is 33.6 Å². The van der Waals surface area contributed by atoms with E-state index in [0.717, 1.165) is 12.8 Å². The predicted octanol–water partition coefficient (Wildman–Crippen LogP) is 2.81. The molecule has 2 fully saturated rings. The van der Waals surface area contributed by atoms with E-state index >= 15 is 0 Å². The lowest BCUT2D eigenvalue weighted by Gasteiger charge is -2.30. The molecular formula is C18H32O5. The van der Waals surface area contributed by atoms with Crippen molar-refractivity contribution in [3.05, 3.63) is 12.7 Å². The maximum absolute atomic E-state index is 10.5. The van der Waals surface area contributed by atoms with Crippen LogP contribution in [0.15, 0.2) is 12.7 Å². The van der Waals surface area contributed by atoms with Crippen LogP contribution in [-0.2, 0) is 18.9 Å². The van der Waals surface area contributed by atoms with Gasteiger partial charge in [0.1, 0.15) is 12.2 Å². The van der Waals surface area contributed by atoms with Gasteiger partial charge in [-0.25, -0.2) is 0 Å². The molecule has 0 radical (unpaired) electrons. The molecule has 0 aliphatic carbocycles. The molecular weight excluding hydrogens is 296 g/mol. The fraction of sp³-hybridized carbons (Fsp3) is 0.889. The van der Waals surface area contributed by atoms with E-state index in [2.05, 4.69) is 13.5 Å². The Labute approximate surface area is 139 Å². The Morgan fingerprint density at radius 3 is 2.61 bits per heavy atom. The Hall–Kier alpha value is -0.460. The number of ether oxygens (including phenoxy) is 4. The van der Waals surface area contributed by atoms with Crippen LogP contribution >= 0.6 is 0 Å². The zero-order valence-corrected chi connectivity index (χ0v) is 14.9. The minimum atomic E-state index is -0.631. The Balaban J connectivity index is 2.02. The van der Waals surface area contributed by atoms with E-state index in [4.69, 9.17) is 18.9 Å². The third-order valence-electron chi connectivity index (χ3n) is 4.49. The first-order valence-corrected chi connectivity index (χ1v) is 8.70. The van der Waals surface area contributed by atoms with E-state index in [0.29, 0.717) is 26.1 Å². The average Bonchev–Trinajstić information content (AvgIpc) is 2.90. The average molecular weight is 328 g/mol. The van der Waals surface area contributed by atoms with Crippen molar-refractivity contribution in [1.29, 1.82) is 0 Å². The number of aliphatic hydroxyl groups excluding tert-OH is 1. The molecule has 1 N–H and O–H groups in total. The van der Waals surface area contributed by atoms with Crippen LogP contribution in [0.5, 0.6) is 0 Å². The van der Waals surface area contributed by atoms with Crippen LogP contribution in [0.25, 0.3) is 0 Å². The van der Waals surface area contributed by atoms with Gasteiger partial charge in [0.05, 0.1) is 24.4 Å². The van der Waals surface area contributed by atoms with Crippen molar-refractivity contribution in [3.63, 3.8) is 0 Å². The van der Waals surface area contributed by atoms with Crippen LogP contribution in [0.2, 0.25) is 0 Å². The maximum atomic E-state index is 10.5. The van der Waals surface area contributed by atoms with E-state index in [9.17, 15) is 5.11 Å². The van der Waals surface area contributed by atoms with Crippen LogP contribution in [0.3, 0.4) is 0 Å². The lowest BCUT2D eigenvalue weighted by molar-refractivity contribution is -0.167. The molecule has 0 amide bonds. The molecule has 5 nitrogen and oxygen atoms in total. The number of unbranched alkanes of at least 4 members (excludes halogenated alkanes) is 1. The highest BCUT2D eigenvalue weighted by Gasteiger charge is 2.50. The Morgan fingerprint density at radius 1 is 1.30 bits per heavy atom. The standard InChI is InChI=1S/C18H32O5/c1-6-8-10-20-16-14(22-13(9-7-2)15(16)19)11-18(5)12-21-17(3,4)23-18/h7,13-16,19H,2,6,8-12H2,1,3-5H3/t13-,14+,15-,16-,18+/m0/s1. The first kappa shape index (κ1) is 18.9. The van der Waals surface area contributed by atoms with Crippen molar-refractivity contribution in [1.82, 2.24) is 0 Å². The summed E-state index contributed by atoms with van der Waals surface area (Å²) in [5, 5.41) is 10.5. The minimum absolute atomic E-state index is 0.200. The van der Waals surface area contributed by atoms with E-state index in [1.165, 1.54) is 0 Å². The van der Waals surface area contributed by atoms with E-state index in [1.807, 2.05) is 20.8 Å². The normalized spacial score (nSPS) is 39.7. The van der Waals surface area contributed by atoms with Gasteiger partial charge < -0.3 is 24.1 Å². The second kappa shape index (κ2) is 7.62. The van der Waals surface area contributed by atoms with Gasteiger partial charge in [0.15, 0.2) is 5.79 Å². The highest BCUT2D eigenvalue weighted by Crippen LogP contribution is 2.38. The van der Waals surface area contributed by atoms with Gasteiger partial charge in [-0.1, -0.05) is 19.4 Å². The smallest absolute Gasteiger partial charge is 0.163 e. The number of hydrogen-bond donors (Lipinski definition) is 1. The van der Waals surface area contributed by atoms with Crippen LogP contribution in [0.4, 0.5) is 0 Å². The van der Waals surface area contributed by atoms with Gasteiger partial charge >= 0.3 is 0 Å². The first-order chi connectivity index (χ1) is 10.8. The second-order valence-corrected chi connectivity index (χ2v) is 7.36. The molecule has 0 unspecified atom stereocenters. The molecule has 2 heterocycles. The van der Waals surface area contributed by atoms with E-state index < -0.39 is 17.5 Å². The third kappa shape index (κ3) is 4.77. The highest BCUT2D eigenvalue weighted by atomic mass is 16.8. The molecule has 2 aliphatic heterocycles. The fourth-order valence-electron chi connectivity index (χ4n) is 3.41. The van der Waals surface area contributed by atoms with Crippen molar-refractivity contribution in [2.45, 2.75) is 89.2 Å². The van der Waals surface area contributed by atoms with Crippen LogP contribution < -0.4 is 0 Å². The predicted molar refractivity (Wildman–Crippen MR) is 88.3 cm³/mol. The van der Waals surface area contributed by atoms with Gasteiger partial charge in [0, 0.05) is 13.0 Å². The minimum Gasteiger partial charge on any atom is -0.388 e. The van der Waals surface area contributed by atoms with Crippen LogP contribution in [0, 0.1) is 0 Å². The van der Waals surface area contributed by atoms with Crippen molar-refractivity contribution in [2.75, 3.05) is 13.2 Å². The number of rotatable bonds is 8. The number of hydrogen-bond acceptors (Lipinski definition) is 5. The summed E-state index contributed by atoms with van der Waals surface area (Å²) in [5.41, 5.74) is -0.427. The van der Waals surface area contributed by atoms with Crippen molar-refractivity contribution >= 4 is 0 Å². The topological polar surface area (TPSA) is 57.2 Å². The molecule has 0 aromatic rings. The zero-order valence-electron chi connectivity index (χ0n) is 14.9. The first-order valence-electron chi connectivity index (χ1n) is 8.70. The summed E-state index contributed by atoms with van der Waals surface area (Å²) >= 11 is 0. The Kier molecular flexibility index (Phi) is 6.25. The van der Waals surface area contributed by atoms with Gasteiger partial charge in [0.25, 0.3) is 0 Å². The fourth-order valence-corrected chi connectivity index (χ4v) is 3.41. The lowest BCUT2D eigenvalue weighted by Crippen LogP contribution is -2.41.